The average molecular weight is 1920 g/mol. The number of hydrogen-bond donors (Lipinski definition) is 0. The maximum Gasteiger partial charge on any atom is 0.508 e. The lowest BCUT2D eigenvalue weighted by Gasteiger charge is -2.29. The number of carbonyl (C=O) groups excluding carboxylic acids is 14. The SMILES string of the molecule is CC(=O)OCC(C)(COC(=O)OCC(C)(COC(=O)OCC(C)(COC(C)=O)C(=O)OCCCBr)C(=O)OCc1ccccc1)C(=O)OCCCBr.CC(=O)OCC(C)(COC(=O)OCC(C)(COC(=O)OCC(C)(COC(C)=O)C(=O)OCCC[N+](C)(C)C)C(=O)OCc1ccccc1)C(=O)OCCC[N+](C)(C)C.CN(C)C.[Br-].[Br-]. The summed E-state index contributed by atoms with van der Waals surface area (Å²) in [5, 5.41) is 1.14. The molecule has 662 valence electrons. The first-order chi connectivity index (χ1) is 53.0. The van der Waals surface area contributed by atoms with Crippen LogP contribution in [0.2, 0.25) is 0 Å². The fraction of sp³-hybridized carbons (Fsp3) is 0.662. The van der Waals surface area contributed by atoms with Crippen molar-refractivity contribution in [2.75, 3.05) is 193 Å². The summed E-state index contributed by atoms with van der Waals surface area (Å²) in [5.74, 6) is -7.69. The summed E-state index contributed by atoms with van der Waals surface area (Å²) in [6.07, 6.45) is -3.13. The molecule has 0 aliphatic carbocycles. The van der Waals surface area contributed by atoms with Gasteiger partial charge >= 0.3 is 84.3 Å². The van der Waals surface area contributed by atoms with Gasteiger partial charge < -0.3 is 133 Å². The zero-order valence-electron chi connectivity index (χ0n) is 70.1. The Labute approximate surface area is 717 Å². The molecule has 0 aromatic heterocycles. The largest absolute Gasteiger partial charge is 1.00 e. The van der Waals surface area contributed by atoms with Gasteiger partial charge in [-0.3, -0.25) is 47.9 Å². The molecule has 2 aromatic carbocycles. The summed E-state index contributed by atoms with van der Waals surface area (Å²) in [6.45, 7) is 6.84. The molecule has 0 radical (unpaired) electrons. The van der Waals surface area contributed by atoms with Gasteiger partial charge in [0.25, 0.3) is 0 Å². The van der Waals surface area contributed by atoms with Crippen LogP contribution < -0.4 is 34.0 Å². The van der Waals surface area contributed by atoms with Crippen LogP contribution in [-0.4, -0.2) is 291 Å². The van der Waals surface area contributed by atoms with Crippen LogP contribution in [0.5, 0.6) is 0 Å². The zero-order chi connectivity index (χ0) is 87.0. The highest BCUT2D eigenvalue weighted by atomic mass is 79.9. The van der Waals surface area contributed by atoms with Gasteiger partial charge in [0, 0.05) is 51.2 Å². The van der Waals surface area contributed by atoms with Gasteiger partial charge in [0.05, 0.1) is 81.8 Å². The third-order valence-corrected chi connectivity index (χ3v) is 16.4. The minimum Gasteiger partial charge on any atom is -1.00 e. The number of nitrogens with zero attached hydrogens (tertiary/aromatic N) is 3. The molecule has 116 heavy (non-hydrogen) atoms. The molecule has 35 nitrogen and oxygen atoms in total. The van der Waals surface area contributed by atoms with Crippen LogP contribution in [0, 0.1) is 32.5 Å². The van der Waals surface area contributed by atoms with Crippen molar-refractivity contribution in [1.29, 1.82) is 0 Å². The van der Waals surface area contributed by atoms with Crippen molar-refractivity contribution in [1.82, 2.24) is 4.90 Å². The maximum atomic E-state index is 13.4. The summed E-state index contributed by atoms with van der Waals surface area (Å²) in [4.78, 5) is 177. The molecule has 0 fully saturated rings. The van der Waals surface area contributed by atoms with Crippen LogP contribution in [-0.2, 0) is 146 Å². The lowest BCUT2D eigenvalue weighted by atomic mass is 9.93. The lowest BCUT2D eigenvalue weighted by molar-refractivity contribution is -0.870. The molecule has 0 N–H and O–H groups in total. The normalized spacial score (nSPS) is 13.9. The Balaban J connectivity index is -0.00000208. The van der Waals surface area contributed by atoms with Crippen molar-refractivity contribution in [3.63, 3.8) is 0 Å². The molecule has 39 heteroatoms. The van der Waals surface area contributed by atoms with Gasteiger partial charge in [-0.05, 0) is 86.7 Å². The summed E-state index contributed by atoms with van der Waals surface area (Å²) < 4.78 is 95.1. The topological polar surface area (TPSA) is 408 Å². The predicted octanol–water partition coefficient (Wildman–Crippen LogP) is 2.48. The molecule has 0 aliphatic heterocycles. The molecule has 0 saturated heterocycles. The van der Waals surface area contributed by atoms with Crippen molar-refractivity contribution in [3.8, 4) is 0 Å². The molecule has 0 saturated carbocycles. The zero-order valence-corrected chi connectivity index (χ0v) is 76.4. The number of hydrogen-bond acceptors (Lipinski definition) is 33. The van der Waals surface area contributed by atoms with Crippen LogP contribution >= 0.6 is 31.9 Å². The molecule has 4 unspecified atom stereocenters. The summed E-state index contributed by atoms with van der Waals surface area (Å²) in [5.41, 5.74) is -8.75. The summed E-state index contributed by atoms with van der Waals surface area (Å²) >= 11 is 6.45. The number of carbonyl (C=O) groups is 14. The fourth-order valence-electron chi connectivity index (χ4n) is 8.25. The van der Waals surface area contributed by atoms with Gasteiger partial charge in [-0.1, -0.05) is 92.5 Å². The van der Waals surface area contributed by atoms with E-state index in [4.69, 9.17) is 85.3 Å². The van der Waals surface area contributed by atoms with Gasteiger partial charge in [0.15, 0.2) is 0 Å². The number of alkyl halides is 2. The maximum absolute atomic E-state index is 13.4. The second-order valence-corrected chi connectivity index (χ2v) is 32.2. The first kappa shape index (κ1) is 112. The number of halogens is 4. The Bertz CT molecular complexity index is 3210. The van der Waals surface area contributed by atoms with Crippen LogP contribution in [0.3, 0.4) is 0 Å². The van der Waals surface area contributed by atoms with Crippen LogP contribution in [0.4, 0.5) is 19.2 Å². The Morgan fingerprint density at radius 2 is 0.466 bits per heavy atom. The molecule has 2 aromatic rings. The summed E-state index contributed by atoms with van der Waals surface area (Å²) in [7, 11) is 17.9. The van der Waals surface area contributed by atoms with E-state index in [0.717, 1.165) is 27.7 Å². The molecule has 0 amide bonds. The van der Waals surface area contributed by atoms with E-state index in [1.807, 2.05) is 68.3 Å². The van der Waals surface area contributed by atoms with Gasteiger partial charge in [0.1, 0.15) is 125 Å². The number of quaternary nitrogens is 2. The van der Waals surface area contributed by atoms with Crippen molar-refractivity contribution in [2.24, 2.45) is 32.5 Å². The van der Waals surface area contributed by atoms with E-state index in [0.29, 0.717) is 69.5 Å². The van der Waals surface area contributed by atoms with Crippen molar-refractivity contribution in [2.45, 2.75) is 108 Å². The highest BCUT2D eigenvalue weighted by Gasteiger charge is 2.46. The predicted molar refractivity (Wildman–Crippen MR) is 412 cm³/mol. The van der Waals surface area contributed by atoms with E-state index in [2.05, 4.69) is 31.9 Å². The number of rotatable bonds is 48. The molecule has 2 rings (SSSR count). The minimum absolute atomic E-state index is 0. The second-order valence-electron chi connectivity index (χ2n) is 30.6. The van der Waals surface area contributed by atoms with Crippen LogP contribution in [0.1, 0.15) is 106 Å². The molecule has 0 spiro atoms. The lowest BCUT2D eigenvalue weighted by Crippen LogP contribution is -3.00. The smallest absolute Gasteiger partial charge is 0.508 e. The molecule has 4 atom stereocenters. The highest BCUT2D eigenvalue weighted by Crippen LogP contribution is 2.29. The molecule has 0 bridgehead atoms. The minimum atomic E-state index is -1.83. The first-order valence-electron chi connectivity index (χ1n) is 36.2. The van der Waals surface area contributed by atoms with Gasteiger partial charge in [0.2, 0.25) is 0 Å². The van der Waals surface area contributed by atoms with Gasteiger partial charge in [-0.2, -0.15) is 0 Å². The van der Waals surface area contributed by atoms with E-state index >= 15 is 0 Å². The van der Waals surface area contributed by atoms with E-state index in [1.54, 1.807) is 60.7 Å². The van der Waals surface area contributed by atoms with E-state index < -0.39 is 196 Å². The Morgan fingerprint density at radius 3 is 0.638 bits per heavy atom. The van der Waals surface area contributed by atoms with Crippen LogP contribution in [0.25, 0.3) is 0 Å². The van der Waals surface area contributed by atoms with Gasteiger partial charge in [-0.25, -0.2) is 19.2 Å². The molecular weight excluding hydrogens is 1800 g/mol. The highest BCUT2D eigenvalue weighted by molar-refractivity contribution is 9.09. The Morgan fingerprint density at radius 1 is 0.293 bits per heavy atom. The standard InChI is InChI=1S/C40H64N2O16.C34H46Br2O16.C3H9N.2BrH/c1-30(43)53-24-38(3,33(45)50-21-15-19-41(6,7)8)26-55-36(48)57-28-40(5,35(47)52-23-32-17-13-12-14-18-32)29-58-37(49)56-27-39(4,25-54-31(2)44)34(46)51-22-16-20-42(9,10)11;1-24(37)47-18-32(3,27(39)44-15-9-13-35)20-49-30(42)51-22-34(5,29(41)46-17-26-11-7-6-8-12-26)23-52-31(43)50-21-33(4,19-48-25(2)38)28(40)45-16-10-14-36;1-4(2)3;;/h12-14,17-18H,15-16,19-29H2,1-11H3;6-8,11-12H,9-10,13-23H2,1-5H3;1-3H3;2*1H/q+2;;;;/p-2. The quantitative estimate of drug-likeness (QED) is 0.0302. The molecule has 0 aliphatic rings. The molecular formula is C77H119Br4N3O32. The molecule has 0 heterocycles. The first-order valence-corrected chi connectivity index (χ1v) is 38.4. The van der Waals surface area contributed by atoms with Gasteiger partial charge in [-0.15, -0.1) is 0 Å². The Kier molecular flexibility index (Phi) is 55.3. The van der Waals surface area contributed by atoms with Crippen LogP contribution in [0.15, 0.2) is 60.7 Å². The third kappa shape index (κ3) is 50.6. The number of esters is 10. The third-order valence-electron chi connectivity index (χ3n) is 15.3. The van der Waals surface area contributed by atoms with Crippen molar-refractivity contribution in [3.05, 3.63) is 71.8 Å². The van der Waals surface area contributed by atoms with Crippen molar-refractivity contribution >= 4 is 116 Å². The number of ether oxygens (including phenoxy) is 18. The van der Waals surface area contributed by atoms with E-state index in [-0.39, 0.29) is 73.6 Å². The fourth-order valence-corrected chi connectivity index (χ4v) is 8.71. The average Bonchev–Trinajstić information content (AvgIpc) is 0.840. The van der Waals surface area contributed by atoms with Crippen molar-refractivity contribution < 1.29 is 195 Å². The number of benzene rings is 2. The second kappa shape index (κ2) is 57.2. The Hall–Kier alpha value is -7.98. The summed E-state index contributed by atoms with van der Waals surface area (Å²) in [6, 6.07) is 17.4. The monoisotopic (exact) mass is 1910 g/mol. The van der Waals surface area contributed by atoms with E-state index in [9.17, 15) is 67.1 Å². The van der Waals surface area contributed by atoms with E-state index in [1.165, 1.54) is 41.5 Å².